The highest BCUT2D eigenvalue weighted by Gasteiger charge is 2.44. The number of ether oxygens (including phenoxy) is 1. The summed E-state index contributed by atoms with van der Waals surface area (Å²) in [7, 11) is 0. The van der Waals surface area contributed by atoms with Crippen LogP contribution in [0.1, 0.15) is 31.2 Å². The second-order valence-corrected chi connectivity index (χ2v) is 6.63. The van der Waals surface area contributed by atoms with Gasteiger partial charge >= 0.3 is 5.97 Å². The Balaban J connectivity index is 1.58. The van der Waals surface area contributed by atoms with Crippen molar-refractivity contribution >= 4 is 16.9 Å². The Hall–Kier alpha value is -3.02. The van der Waals surface area contributed by atoms with Gasteiger partial charge in [0.25, 0.3) is 5.56 Å². The standard InChI is InChI=1S/C20H19N3O3/c24-18-16-10-4-5-11-17(16)21-22-23(18)14-26-19(25)20(12-6-7-13-20)15-8-2-1-3-9-15/h1-5,8-11H,6-7,12-14H2. The van der Waals surface area contributed by atoms with Gasteiger partial charge in [-0.25, -0.2) is 0 Å². The van der Waals surface area contributed by atoms with Crippen LogP contribution in [0.25, 0.3) is 10.9 Å². The summed E-state index contributed by atoms with van der Waals surface area (Å²) < 4.78 is 6.61. The van der Waals surface area contributed by atoms with Gasteiger partial charge in [-0.3, -0.25) is 9.59 Å². The van der Waals surface area contributed by atoms with Gasteiger partial charge in [0.15, 0.2) is 6.73 Å². The van der Waals surface area contributed by atoms with Crippen molar-refractivity contribution in [3.8, 4) is 0 Å². The van der Waals surface area contributed by atoms with E-state index in [1.165, 1.54) is 0 Å². The number of hydrogen-bond donors (Lipinski definition) is 0. The zero-order valence-electron chi connectivity index (χ0n) is 14.3. The molecule has 132 valence electrons. The SMILES string of the molecule is O=C(OCn1nnc2ccccc2c1=O)C1(c2ccccc2)CCCC1. The molecule has 0 aliphatic heterocycles. The molecule has 0 N–H and O–H groups in total. The van der Waals surface area contributed by atoms with E-state index in [9.17, 15) is 9.59 Å². The predicted octanol–water partition coefficient (Wildman–Crippen LogP) is 2.80. The van der Waals surface area contributed by atoms with E-state index in [0.717, 1.165) is 35.9 Å². The first-order chi connectivity index (χ1) is 12.7. The Morgan fingerprint density at radius 2 is 1.73 bits per heavy atom. The molecule has 26 heavy (non-hydrogen) atoms. The van der Waals surface area contributed by atoms with Gasteiger partial charge in [-0.1, -0.05) is 60.5 Å². The molecule has 0 bridgehead atoms. The van der Waals surface area contributed by atoms with Gasteiger partial charge in [-0.05, 0) is 30.5 Å². The van der Waals surface area contributed by atoms with Crippen LogP contribution in [0.4, 0.5) is 0 Å². The molecule has 1 heterocycles. The first-order valence-corrected chi connectivity index (χ1v) is 8.76. The molecule has 6 heteroatoms. The van der Waals surface area contributed by atoms with Gasteiger partial charge in [0.1, 0.15) is 5.52 Å². The molecule has 1 aromatic heterocycles. The van der Waals surface area contributed by atoms with Crippen LogP contribution in [0.15, 0.2) is 59.4 Å². The lowest BCUT2D eigenvalue weighted by Gasteiger charge is -2.27. The second-order valence-electron chi connectivity index (χ2n) is 6.63. The Bertz CT molecular complexity index is 992. The summed E-state index contributed by atoms with van der Waals surface area (Å²) in [5, 5.41) is 8.35. The van der Waals surface area contributed by atoms with Crippen molar-refractivity contribution in [2.24, 2.45) is 0 Å². The summed E-state index contributed by atoms with van der Waals surface area (Å²) in [6.45, 7) is -0.232. The maximum atomic E-state index is 12.9. The van der Waals surface area contributed by atoms with Crippen molar-refractivity contribution in [1.29, 1.82) is 0 Å². The molecule has 4 rings (SSSR count). The van der Waals surface area contributed by atoms with Crippen LogP contribution in [-0.4, -0.2) is 21.0 Å². The van der Waals surface area contributed by atoms with E-state index in [-0.39, 0.29) is 18.3 Å². The lowest BCUT2D eigenvalue weighted by atomic mass is 9.79. The molecule has 0 amide bonds. The summed E-state index contributed by atoms with van der Waals surface area (Å²) in [5.74, 6) is -0.303. The van der Waals surface area contributed by atoms with Crippen molar-refractivity contribution in [2.75, 3.05) is 0 Å². The summed E-state index contributed by atoms with van der Waals surface area (Å²) >= 11 is 0. The number of benzene rings is 2. The summed E-state index contributed by atoms with van der Waals surface area (Å²) in [4.78, 5) is 25.4. The summed E-state index contributed by atoms with van der Waals surface area (Å²) in [6, 6.07) is 16.7. The molecule has 0 unspecified atom stereocenters. The van der Waals surface area contributed by atoms with Crippen molar-refractivity contribution in [3.05, 3.63) is 70.5 Å². The van der Waals surface area contributed by atoms with Gasteiger partial charge < -0.3 is 4.74 Å². The lowest BCUT2D eigenvalue weighted by molar-refractivity contribution is -0.155. The van der Waals surface area contributed by atoms with E-state index in [2.05, 4.69) is 10.3 Å². The topological polar surface area (TPSA) is 74.1 Å². The van der Waals surface area contributed by atoms with E-state index in [1.54, 1.807) is 24.3 Å². The van der Waals surface area contributed by atoms with Crippen LogP contribution in [-0.2, 0) is 21.7 Å². The molecule has 0 atom stereocenters. The second kappa shape index (κ2) is 6.71. The third-order valence-corrected chi connectivity index (χ3v) is 5.12. The zero-order valence-corrected chi connectivity index (χ0v) is 14.3. The summed E-state index contributed by atoms with van der Waals surface area (Å²) in [6.07, 6.45) is 3.49. The van der Waals surface area contributed by atoms with E-state index in [0.29, 0.717) is 10.9 Å². The van der Waals surface area contributed by atoms with Crippen LogP contribution in [0.3, 0.4) is 0 Å². The van der Waals surface area contributed by atoms with Crippen molar-refractivity contribution in [2.45, 2.75) is 37.8 Å². The fourth-order valence-corrected chi connectivity index (χ4v) is 3.71. The minimum absolute atomic E-state index is 0.232. The summed E-state index contributed by atoms with van der Waals surface area (Å²) in [5.41, 5.74) is 0.550. The fourth-order valence-electron chi connectivity index (χ4n) is 3.71. The molecule has 6 nitrogen and oxygen atoms in total. The molecule has 2 aromatic carbocycles. The molecule has 1 saturated carbocycles. The molecular formula is C20H19N3O3. The lowest BCUT2D eigenvalue weighted by Crippen LogP contribution is -2.36. The van der Waals surface area contributed by atoms with Crippen LogP contribution < -0.4 is 5.56 Å². The van der Waals surface area contributed by atoms with Gasteiger partial charge in [-0.15, -0.1) is 5.10 Å². The third kappa shape index (κ3) is 2.77. The van der Waals surface area contributed by atoms with Gasteiger partial charge in [0.2, 0.25) is 0 Å². The van der Waals surface area contributed by atoms with Crippen LogP contribution in [0.5, 0.6) is 0 Å². The number of carbonyl (C=O) groups is 1. The Morgan fingerprint density at radius 1 is 1.04 bits per heavy atom. The van der Waals surface area contributed by atoms with E-state index in [4.69, 9.17) is 4.74 Å². The molecule has 1 aliphatic carbocycles. The average molecular weight is 349 g/mol. The molecule has 3 aromatic rings. The molecule has 0 radical (unpaired) electrons. The van der Waals surface area contributed by atoms with E-state index < -0.39 is 5.41 Å². The highest BCUT2D eigenvalue weighted by molar-refractivity contribution is 5.83. The Labute approximate surface area is 150 Å². The highest BCUT2D eigenvalue weighted by Crippen LogP contribution is 2.42. The van der Waals surface area contributed by atoms with Gasteiger partial charge in [0, 0.05) is 0 Å². The number of carbonyl (C=O) groups excluding carboxylic acids is 1. The highest BCUT2D eigenvalue weighted by atomic mass is 16.5. The molecule has 1 aliphatic rings. The van der Waals surface area contributed by atoms with Gasteiger partial charge in [0.05, 0.1) is 10.8 Å². The first-order valence-electron chi connectivity index (χ1n) is 8.76. The molecular weight excluding hydrogens is 330 g/mol. The predicted molar refractivity (Wildman–Crippen MR) is 96.5 cm³/mol. The fraction of sp³-hybridized carbons (Fsp3) is 0.300. The number of esters is 1. The third-order valence-electron chi connectivity index (χ3n) is 5.12. The Kier molecular flexibility index (Phi) is 4.24. The number of nitrogens with zero attached hydrogens (tertiary/aromatic N) is 3. The van der Waals surface area contributed by atoms with Gasteiger partial charge in [-0.2, -0.15) is 4.68 Å². The quantitative estimate of drug-likeness (QED) is 0.677. The van der Waals surface area contributed by atoms with Crippen LogP contribution >= 0.6 is 0 Å². The van der Waals surface area contributed by atoms with Crippen LogP contribution in [0, 0.1) is 0 Å². The molecule has 0 saturated heterocycles. The first kappa shape index (κ1) is 16.4. The molecule has 1 fully saturated rings. The maximum Gasteiger partial charge on any atom is 0.318 e. The van der Waals surface area contributed by atoms with E-state index >= 15 is 0 Å². The largest absolute Gasteiger partial charge is 0.441 e. The van der Waals surface area contributed by atoms with Crippen molar-refractivity contribution in [1.82, 2.24) is 15.0 Å². The normalized spacial score (nSPS) is 15.8. The smallest absolute Gasteiger partial charge is 0.318 e. The molecule has 0 spiro atoms. The Morgan fingerprint density at radius 3 is 2.50 bits per heavy atom. The number of fused-ring (bicyclic) bond motifs is 1. The van der Waals surface area contributed by atoms with E-state index in [1.807, 2.05) is 30.3 Å². The van der Waals surface area contributed by atoms with Crippen molar-refractivity contribution in [3.63, 3.8) is 0 Å². The van der Waals surface area contributed by atoms with Crippen LogP contribution in [0.2, 0.25) is 0 Å². The number of rotatable bonds is 4. The average Bonchev–Trinajstić information content (AvgIpc) is 3.19. The monoisotopic (exact) mass is 349 g/mol. The minimum Gasteiger partial charge on any atom is -0.441 e. The maximum absolute atomic E-state index is 12.9. The number of aromatic nitrogens is 3. The minimum atomic E-state index is -0.630. The zero-order chi connectivity index (χ0) is 18.0. The van der Waals surface area contributed by atoms with Crippen molar-refractivity contribution < 1.29 is 9.53 Å². The number of hydrogen-bond acceptors (Lipinski definition) is 5.